The number of rotatable bonds is 5. The SMILES string of the molecule is COC(=O)C(NC(=O)c1c(N)c(-c2ccccc2)nc2ccccc12)c1ccncc1. The van der Waals surface area contributed by atoms with E-state index >= 15 is 0 Å². The molecular weight excluding hydrogens is 392 g/mol. The highest BCUT2D eigenvalue weighted by Crippen LogP contribution is 2.32. The van der Waals surface area contributed by atoms with E-state index in [2.05, 4.69) is 15.3 Å². The summed E-state index contributed by atoms with van der Waals surface area (Å²) < 4.78 is 4.90. The molecule has 0 saturated heterocycles. The van der Waals surface area contributed by atoms with E-state index in [0.29, 0.717) is 22.2 Å². The number of fused-ring (bicyclic) bond motifs is 1. The summed E-state index contributed by atoms with van der Waals surface area (Å²) in [7, 11) is 1.27. The number of hydrogen-bond acceptors (Lipinski definition) is 6. The van der Waals surface area contributed by atoms with Crippen LogP contribution in [0.15, 0.2) is 79.1 Å². The first kappa shape index (κ1) is 20.0. The quantitative estimate of drug-likeness (QED) is 0.486. The van der Waals surface area contributed by atoms with Crippen molar-refractivity contribution in [3.63, 3.8) is 0 Å². The number of para-hydroxylation sites is 1. The molecule has 7 heteroatoms. The van der Waals surface area contributed by atoms with Gasteiger partial charge >= 0.3 is 5.97 Å². The number of pyridine rings is 2. The van der Waals surface area contributed by atoms with Crippen LogP contribution in [0.1, 0.15) is 22.0 Å². The van der Waals surface area contributed by atoms with E-state index in [1.165, 1.54) is 7.11 Å². The highest BCUT2D eigenvalue weighted by molar-refractivity contribution is 6.13. The van der Waals surface area contributed by atoms with E-state index in [4.69, 9.17) is 10.5 Å². The number of nitrogens with two attached hydrogens (primary N) is 1. The maximum absolute atomic E-state index is 13.4. The van der Waals surface area contributed by atoms with Crippen molar-refractivity contribution < 1.29 is 14.3 Å². The van der Waals surface area contributed by atoms with Crippen LogP contribution >= 0.6 is 0 Å². The summed E-state index contributed by atoms with van der Waals surface area (Å²) in [4.78, 5) is 34.5. The lowest BCUT2D eigenvalue weighted by molar-refractivity contribution is -0.143. The van der Waals surface area contributed by atoms with Crippen LogP contribution in [0.5, 0.6) is 0 Å². The molecule has 2 heterocycles. The molecule has 0 aliphatic heterocycles. The summed E-state index contributed by atoms with van der Waals surface area (Å²) in [5.41, 5.74) is 9.42. The largest absolute Gasteiger partial charge is 0.467 e. The van der Waals surface area contributed by atoms with Crippen molar-refractivity contribution in [3.8, 4) is 11.3 Å². The zero-order valence-electron chi connectivity index (χ0n) is 16.8. The zero-order chi connectivity index (χ0) is 21.8. The van der Waals surface area contributed by atoms with Gasteiger partial charge in [0.2, 0.25) is 0 Å². The molecule has 1 unspecified atom stereocenters. The molecule has 7 nitrogen and oxygen atoms in total. The Morgan fingerprint density at radius 2 is 1.65 bits per heavy atom. The Hall–Kier alpha value is -4.26. The van der Waals surface area contributed by atoms with Gasteiger partial charge in [0.25, 0.3) is 5.91 Å². The molecule has 1 amide bonds. The smallest absolute Gasteiger partial charge is 0.333 e. The van der Waals surface area contributed by atoms with E-state index in [0.717, 1.165) is 5.56 Å². The van der Waals surface area contributed by atoms with Crippen molar-refractivity contribution in [2.75, 3.05) is 12.8 Å². The first-order valence-corrected chi connectivity index (χ1v) is 9.62. The number of aromatic nitrogens is 2. The van der Waals surface area contributed by atoms with Crippen LogP contribution in [-0.2, 0) is 9.53 Å². The number of nitrogen functional groups attached to an aromatic ring is 1. The lowest BCUT2D eigenvalue weighted by Crippen LogP contribution is -2.35. The topological polar surface area (TPSA) is 107 Å². The number of carbonyl (C=O) groups excluding carboxylic acids is 2. The second-order valence-electron chi connectivity index (χ2n) is 6.84. The van der Waals surface area contributed by atoms with Crippen LogP contribution in [0.3, 0.4) is 0 Å². The summed E-state index contributed by atoms with van der Waals surface area (Å²) in [5.74, 6) is -1.10. The first-order valence-electron chi connectivity index (χ1n) is 9.62. The molecule has 0 radical (unpaired) electrons. The van der Waals surface area contributed by atoms with Gasteiger partial charge in [-0.3, -0.25) is 9.78 Å². The molecule has 0 spiro atoms. The Morgan fingerprint density at radius 3 is 2.35 bits per heavy atom. The van der Waals surface area contributed by atoms with Gasteiger partial charge in [0.1, 0.15) is 0 Å². The van der Waals surface area contributed by atoms with Crippen LogP contribution in [0, 0.1) is 0 Å². The van der Waals surface area contributed by atoms with Gasteiger partial charge in [0.05, 0.1) is 29.6 Å². The van der Waals surface area contributed by atoms with Gasteiger partial charge < -0.3 is 15.8 Å². The van der Waals surface area contributed by atoms with Crippen LogP contribution < -0.4 is 11.1 Å². The fraction of sp³-hybridized carbons (Fsp3) is 0.0833. The van der Waals surface area contributed by atoms with Gasteiger partial charge in [0, 0.05) is 23.3 Å². The lowest BCUT2D eigenvalue weighted by Gasteiger charge is -2.19. The number of nitrogens with one attached hydrogen (secondary N) is 1. The number of methoxy groups -OCH3 is 1. The van der Waals surface area contributed by atoms with Crippen LogP contribution in [0.25, 0.3) is 22.2 Å². The van der Waals surface area contributed by atoms with E-state index in [1.54, 1.807) is 30.6 Å². The Morgan fingerprint density at radius 1 is 0.968 bits per heavy atom. The summed E-state index contributed by atoms with van der Waals surface area (Å²) in [6, 6.07) is 18.9. The average Bonchev–Trinajstić information content (AvgIpc) is 2.82. The molecule has 1 atom stereocenters. The minimum atomic E-state index is -1.01. The summed E-state index contributed by atoms with van der Waals surface area (Å²) in [6.45, 7) is 0. The minimum absolute atomic E-state index is 0.237. The average molecular weight is 412 g/mol. The van der Waals surface area contributed by atoms with E-state index in [1.807, 2.05) is 48.5 Å². The normalized spacial score (nSPS) is 11.6. The fourth-order valence-electron chi connectivity index (χ4n) is 3.44. The van der Waals surface area contributed by atoms with Gasteiger partial charge in [-0.1, -0.05) is 48.5 Å². The summed E-state index contributed by atoms with van der Waals surface area (Å²) in [6.07, 6.45) is 3.09. The third kappa shape index (κ3) is 3.93. The second kappa shape index (κ2) is 8.62. The molecule has 0 aliphatic carbocycles. The first-order chi connectivity index (χ1) is 15.1. The Labute approximate surface area is 178 Å². The number of amides is 1. The molecular formula is C24H20N4O3. The molecule has 154 valence electrons. The van der Waals surface area contributed by atoms with E-state index < -0.39 is 17.9 Å². The molecule has 0 bridgehead atoms. The third-order valence-corrected chi connectivity index (χ3v) is 4.96. The molecule has 4 aromatic rings. The molecule has 2 aromatic carbocycles. The zero-order valence-corrected chi connectivity index (χ0v) is 16.8. The van der Waals surface area contributed by atoms with Gasteiger partial charge in [0.15, 0.2) is 6.04 Å². The summed E-state index contributed by atoms with van der Waals surface area (Å²) in [5, 5.41) is 3.36. The van der Waals surface area contributed by atoms with E-state index in [-0.39, 0.29) is 11.3 Å². The number of anilines is 1. The third-order valence-electron chi connectivity index (χ3n) is 4.96. The van der Waals surface area contributed by atoms with E-state index in [9.17, 15) is 9.59 Å². The molecule has 31 heavy (non-hydrogen) atoms. The number of benzene rings is 2. The number of ether oxygens (including phenoxy) is 1. The molecule has 0 aliphatic rings. The molecule has 0 saturated carbocycles. The number of carbonyl (C=O) groups is 2. The van der Waals surface area contributed by atoms with Crippen LogP contribution in [-0.4, -0.2) is 29.0 Å². The van der Waals surface area contributed by atoms with Gasteiger partial charge in [-0.05, 0) is 23.8 Å². The predicted molar refractivity (Wildman–Crippen MR) is 118 cm³/mol. The van der Waals surface area contributed by atoms with Gasteiger partial charge in [-0.25, -0.2) is 9.78 Å². The number of esters is 1. The second-order valence-corrected chi connectivity index (χ2v) is 6.84. The Kier molecular flexibility index (Phi) is 5.57. The maximum Gasteiger partial charge on any atom is 0.333 e. The monoisotopic (exact) mass is 412 g/mol. The summed E-state index contributed by atoms with van der Waals surface area (Å²) >= 11 is 0. The highest BCUT2D eigenvalue weighted by atomic mass is 16.5. The highest BCUT2D eigenvalue weighted by Gasteiger charge is 2.27. The van der Waals surface area contributed by atoms with Crippen molar-refractivity contribution in [3.05, 3.63) is 90.3 Å². The molecule has 2 aromatic heterocycles. The minimum Gasteiger partial charge on any atom is -0.467 e. The fourth-order valence-corrected chi connectivity index (χ4v) is 3.44. The predicted octanol–water partition coefficient (Wildman–Crippen LogP) is 3.52. The van der Waals surface area contributed by atoms with Gasteiger partial charge in [-0.2, -0.15) is 0 Å². The maximum atomic E-state index is 13.4. The van der Waals surface area contributed by atoms with Crippen molar-refractivity contribution >= 4 is 28.5 Å². The molecule has 3 N–H and O–H groups in total. The standard InChI is InChI=1S/C24H20N4O3/c1-31-24(30)22(16-11-13-26-14-12-16)28-23(29)19-17-9-5-6-10-18(17)27-21(20(19)25)15-7-3-2-4-8-15/h2-14,22H,25H2,1H3,(H,28,29). The molecule has 0 fully saturated rings. The Bertz CT molecular complexity index is 1240. The number of hydrogen-bond donors (Lipinski definition) is 2. The van der Waals surface area contributed by atoms with Crippen molar-refractivity contribution in [1.82, 2.24) is 15.3 Å². The van der Waals surface area contributed by atoms with Crippen molar-refractivity contribution in [1.29, 1.82) is 0 Å². The van der Waals surface area contributed by atoms with Crippen LogP contribution in [0.2, 0.25) is 0 Å². The van der Waals surface area contributed by atoms with Crippen LogP contribution in [0.4, 0.5) is 5.69 Å². The van der Waals surface area contributed by atoms with Crippen molar-refractivity contribution in [2.24, 2.45) is 0 Å². The Balaban J connectivity index is 1.83. The van der Waals surface area contributed by atoms with Crippen molar-refractivity contribution in [2.45, 2.75) is 6.04 Å². The number of nitrogens with zero attached hydrogens (tertiary/aromatic N) is 2. The van der Waals surface area contributed by atoms with Gasteiger partial charge in [-0.15, -0.1) is 0 Å². The lowest BCUT2D eigenvalue weighted by atomic mass is 10.00. The molecule has 4 rings (SSSR count).